The van der Waals surface area contributed by atoms with Gasteiger partial charge in [0.2, 0.25) is 0 Å². The number of aryl methyl sites for hydroxylation is 1. The summed E-state index contributed by atoms with van der Waals surface area (Å²) in [6.45, 7) is 11.0. The van der Waals surface area contributed by atoms with E-state index >= 15 is 0 Å². The third kappa shape index (κ3) is 4.37. The molecule has 0 saturated carbocycles. The lowest BCUT2D eigenvalue weighted by molar-refractivity contribution is -0.111. The maximum atomic E-state index is 11.8. The van der Waals surface area contributed by atoms with E-state index < -0.39 is 17.1 Å². The Morgan fingerprint density at radius 1 is 1.20 bits per heavy atom. The minimum Gasteiger partial charge on any atom is -0.444 e. The number of ether oxygens (including phenoxy) is 1. The van der Waals surface area contributed by atoms with Crippen LogP contribution in [0, 0.1) is 6.92 Å². The smallest absolute Gasteiger partial charge is 0.412 e. The zero-order chi connectivity index (χ0) is 15.6. The molecule has 0 aliphatic carbocycles. The molecule has 0 atom stereocenters. The van der Waals surface area contributed by atoms with Gasteiger partial charge in [0.15, 0.2) is 0 Å². The topological polar surface area (TPSA) is 55.4 Å². The zero-order valence-electron chi connectivity index (χ0n) is 13.0. The molecule has 4 heteroatoms. The average molecular weight is 277 g/mol. The van der Waals surface area contributed by atoms with Crippen LogP contribution in [-0.2, 0) is 14.9 Å². The summed E-state index contributed by atoms with van der Waals surface area (Å²) in [7, 11) is 0. The zero-order valence-corrected chi connectivity index (χ0v) is 13.0. The predicted octanol–water partition coefficient (Wildman–Crippen LogP) is 3.82. The van der Waals surface area contributed by atoms with Crippen LogP contribution in [0.2, 0.25) is 0 Å². The second-order valence-corrected chi connectivity index (χ2v) is 6.50. The van der Waals surface area contributed by atoms with Crippen LogP contribution in [0.15, 0.2) is 18.2 Å². The third-order valence-corrected chi connectivity index (χ3v) is 2.91. The van der Waals surface area contributed by atoms with Crippen molar-refractivity contribution in [1.82, 2.24) is 0 Å². The van der Waals surface area contributed by atoms with Gasteiger partial charge in [0.25, 0.3) is 0 Å². The van der Waals surface area contributed by atoms with Gasteiger partial charge >= 0.3 is 6.09 Å². The van der Waals surface area contributed by atoms with Crippen LogP contribution in [0.1, 0.15) is 45.7 Å². The molecule has 1 aromatic carbocycles. The first kappa shape index (κ1) is 16.2. The average Bonchev–Trinajstić information content (AvgIpc) is 2.29. The summed E-state index contributed by atoms with van der Waals surface area (Å²) in [6, 6.07) is 5.59. The highest BCUT2D eigenvalue weighted by atomic mass is 16.6. The maximum absolute atomic E-state index is 11.8. The molecule has 1 amide bonds. The Bertz CT molecular complexity index is 513. The van der Waals surface area contributed by atoms with E-state index in [2.05, 4.69) is 5.32 Å². The van der Waals surface area contributed by atoms with Crippen molar-refractivity contribution in [2.75, 3.05) is 5.32 Å². The number of rotatable bonds is 3. The first-order chi connectivity index (χ1) is 9.05. The number of hydrogen-bond donors (Lipinski definition) is 1. The molecule has 0 aliphatic rings. The van der Waals surface area contributed by atoms with Gasteiger partial charge in [-0.15, -0.1) is 0 Å². The minimum atomic E-state index is -0.585. The van der Waals surface area contributed by atoms with Gasteiger partial charge in [-0.05, 0) is 58.7 Å². The van der Waals surface area contributed by atoms with Crippen molar-refractivity contribution >= 4 is 18.1 Å². The highest BCUT2D eigenvalue weighted by molar-refractivity contribution is 5.86. The van der Waals surface area contributed by atoms with Gasteiger partial charge in [-0.25, -0.2) is 4.79 Å². The number of amides is 1. The molecule has 0 saturated heterocycles. The fourth-order valence-electron chi connectivity index (χ4n) is 1.64. The molecule has 1 rings (SSSR count). The van der Waals surface area contributed by atoms with E-state index in [1.54, 1.807) is 0 Å². The number of hydrogen-bond acceptors (Lipinski definition) is 3. The molecule has 0 aliphatic heterocycles. The van der Waals surface area contributed by atoms with Crippen LogP contribution in [0.3, 0.4) is 0 Å². The monoisotopic (exact) mass is 277 g/mol. The Labute approximate surface area is 120 Å². The van der Waals surface area contributed by atoms with Crippen molar-refractivity contribution in [3.05, 3.63) is 29.3 Å². The van der Waals surface area contributed by atoms with E-state index in [0.29, 0.717) is 5.69 Å². The quantitative estimate of drug-likeness (QED) is 0.854. The summed E-state index contributed by atoms with van der Waals surface area (Å²) in [5.74, 6) is 0. The minimum absolute atomic E-state index is 0.498. The molecule has 0 bridgehead atoms. The Morgan fingerprint density at radius 3 is 2.30 bits per heavy atom. The Morgan fingerprint density at radius 2 is 1.80 bits per heavy atom. The van der Waals surface area contributed by atoms with E-state index in [1.807, 2.05) is 59.7 Å². The lowest BCUT2D eigenvalue weighted by atomic mass is 9.85. The number of benzene rings is 1. The first-order valence-electron chi connectivity index (χ1n) is 6.62. The molecule has 1 aromatic rings. The van der Waals surface area contributed by atoms with E-state index in [4.69, 9.17) is 4.74 Å². The SMILES string of the molecule is Cc1ccc(C(C)(C)C=O)cc1NC(=O)OC(C)(C)C. The molecule has 0 radical (unpaired) electrons. The van der Waals surface area contributed by atoms with Crippen molar-refractivity contribution in [2.45, 2.75) is 52.6 Å². The number of anilines is 1. The fourth-order valence-corrected chi connectivity index (χ4v) is 1.64. The van der Waals surface area contributed by atoms with E-state index in [-0.39, 0.29) is 0 Å². The summed E-state index contributed by atoms with van der Waals surface area (Å²) in [5, 5.41) is 2.73. The fraction of sp³-hybridized carbons (Fsp3) is 0.500. The summed E-state index contributed by atoms with van der Waals surface area (Å²) in [4.78, 5) is 22.9. The van der Waals surface area contributed by atoms with Crippen molar-refractivity contribution in [1.29, 1.82) is 0 Å². The normalized spacial score (nSPS) is 11.9. The van der Waals surface area contributed by atoms with Crippen LogP contribution in [0.25, 0.3) is 0 Å². The maximum Gasteiger partial charge on any atom is 0.412 e. The number of aldehydes is 1. The van der Waals surface area contributed by atoms with Gasteiger partial charge in [-0.1, -0.05) is 12.1 Å². The molecule has 0 spiro atoms. The molecule has 110 valence electrons. The molecule has 0 fully saturated rings. The standard InChI is InChI=1S/C16H23NO3/c1-11-7-8-12(16(5,6)10-18)9-13(11)17-14(19)20-15(2,3)4/h7-10H,1-6H3,(H,17,19). The second kappa shape index (κ2) is 5.65. The van der Waals surface area contributed by atoms with Gasteiger partial charge in [0.05, 0.1) is 0 Å². The Hall–Kier alpha value is -1.84. The van der Waals surface area contributed by atoms with Crippen molar-refractivity contribution in [3.63, 3.8) is 0 Å². The van der Waals surface area contributed by atoms with Gasteiger partial charge in [-0.2, -0.15) is 0 Å². The Kier molecular flexibility index (Phi) is 4.58. The summed E-state index contributed by atoms with van der Waals surface area (Å²) in [6.07, 6.45) is 0.399. The third-order valence-electron chi connectivity index (χ3n) is 2.91. The number of nitrogens with one attached hydrogen (secondary N) is 1. The van der Waals surface area contributed by atoms with Crippen LogP contribution < -0.4 is 5.32 Å². The van der Waals surface area contributed by atoms with Crippen molar-refractivity contribution < 1.29 is 14.3 Å². The van der Waals surface area contributed by atoms with Crippen LogP contribution >= 0.6 is 0 Å². The molecular formula is C16H23NO3. The molecule has 20 heavy (non-hydrogen) atoms. The van der Waals surface area contributed by atoms with Gasteiger partial charge < -0.3 is 9.53 Å². The highest BCUT2D eigenvalue weighted by Gasteiger charge is 2.21. The van der Waals surface area contributed by atoms with Crippen molar-refractivity contribution in [2.24, 2.45) is 0 Å². The van der Waals surface area contributed by atoms with Gasteiger partial charge in [-0.3, -0.25) is 5.32 Å². The Balaban J connectivity index is 2.98. The van der Waals surface area contributed by atoms with Crippen LogP contribution in [0.4, 0.5) is 10.5 Å². The largest absolute Gasteiger partial charge is 0.444 e. The lowest BCUT2D eigenvalue weighted by Crippen LogP contribution is -2.27. The lowest BCUT2D eigenvalue weighted by Gasteiger charge is -2.22. The highest BCUT2D eigenvalue weighted by Crippen LogP contribution is 2.26. The first-order valence-corrected chi connectivity index (χ1v) is 6.62. The van der Waals surface area contributed by atoms with Crippen LogP contribution in [-0.4, -0.2) is 18.0 Å². The van der Waals surface area contributed by atoms with Crippen molar-refractivity contribution in [3.8, 4) is 0 Å². The molecule has 4 nitrogen and oxygen atoms in total. The number of carbonyl (C=O) groups excluding carboxylic acids is 2. The van der Waals surface area contributed by atoms with Crippen LogP contribution in [0.5, 0.6) is 0 Å². The second-order valence-electron chi connectivity index (χ2n) is 6.50. The molecule has 0 heterocycles. The van der Waals surface area contributed by atoms with E-state index in [9.17, 15) is 9.59 Å². The van der Waals surface area contributed by atoms with E-state index in [1.165, 1.54) is 0 Å². The molecular weight excluding hydrogens is 254 g/mol. The molecule has 1 N–H and O–H groups in total. The molecule has 0 aromatic heterocycles. The summed E-state index contributed by atoms with van der Waals surface area (Å²) < 4.78 is 5.23. The molecule has 0 unspecified atom stereocenters. The summed E-state index contributed by atoms with van der Waals surface area (Å²) >= 11 is 0. The van der Waals surface area contributed by atoms with Gasteiger partial charge in [0, 0.05) is 11.1 Å². The number of carbonyl (C=O) groups is 2. The predicted molar refractivity (Wildman–Crippen MR) is 80.1 cm³/mol. The summed E-state index contributed by atoms with van der Waals surface area (Å²) in [5.41, 5.74) is 1.30. The van der Waals surface area contributed by atoms with Gasteiger partial charge in [0.1, 0.15) is 11.9 Å². The van der Waals surface area contributed by atoms with E-state index in [0.717, 1.165) is 17.4 Å².